The van der Waals surface area contributed by atoms with Crippen molar-refractivity contribution >= 4 is 17.3 Å². The molecule has 0 spiro atoms. The van der Waals surface area contributed by atoms with E-state index >= 15 is 0 Å². The number of aryl methyl sites for hydroxylation is 1. The highest BCUT2D eigenvalue weighted by molar-refractivity contribution is 7.10. The first-order chi connectivity index (χ1) is 14.1. The van der Waals surface area contributed by atoms with E-state index in [-0.39, 0.29) is 0 Å². The molecule has 29 heavy (non-hydrogen) atoms. The fourth-order valence-electron chi connectivity index (χ4n) is 3.91. The standard InChI is InChI=1S/C23H29N5S/c1-16(2)26-23-25-14-20(19-5-4-9-24-13-19)22(27-23)18-6-10-28(11-7-18)15-21-17(3)8-12-29-21/h4-5,8-9,12-14,16,18H,6-7,10-11,15H2,1-3H3,(H,25,26,27). The lowest BCUT2D eigenvalue weighted by Gasteiger charge is -2.32. The summed E-state index contributed by atoms with van der Waals surface area (Å²) in [5.41, 5.74) is 4.77. The van der Waals surface area contributed by atoms with E-state index in [0.29, 0.717) is 12.0 Å². The van der Waals surface area contributed by atoms with Crippen LogP contribution in [0, 0.1) is 6.92 Å². The maximum Gasteiger partial charge on any atom is 0.223 e. The molecule has 0 aromatic carbocycles. The Morgan fingerprint density at radius 2 is 2.03 bits per heavy atom. The molecule has 5 nitrogen and oxygen atoms in total. The minimum absolute atomic E-state index is 0.308. The molecular formula is C23H29N5S. The molecule has 1 saturated heterocycles. The van der Waals surface area contributed by atoms with Crippen LogP contribution >= 0.6 is 11.3 Å². The van der Waals surface area contributed by atoms with Gasteiger partial charge in [-0.15, -0.1) is 11.3 Å². The van der Waals surface area contributed by atoms with Gasteiger partial charge in [0.1, 0.15) is 0 Å². The third-order valence-corrected chi connectivity index (χ3v) is 6.53. The Kier molecular flexibility index (Phi) is 6.21. The van der Waals surface area contributed by atoms with Gasteiger partial charge in [0.15, 0.2) is 0 Å². The van der Waals surface area contributed by atoms with Crippen LogP contribution in [0.2, 0.25) is 0 Å². The molecule has 0 saturated carbocycles. The van der Waals surface area contributed by atoms with E-state index in [4.69, 9.17) is 4.98 Å². The smallest absolute Gasteiger partial charge is 0.223 e. The first-order valence-corrected chi connectivity index (χ1v) is 11.3. The molecule has 4 heterocycles. The van der Waals surface area contributed by atoms with Gasteiger partial charge in [0.25, 0.3) is 0 Å². The van der Waals surface area contributed by atoms with E-state index in [1.165, 1.54) is 10.4 Å². The molecule has 1 aliphatic rings. The van der Waals surface area contributed by atoms with Gasteiger partial charge < -0.3 is 5.32 Å². The number of aromatic nitrogens is 3. The SMILES string of the molecule is Cc1ccsc1CN1CCC(c2nc(NC(C)C)ncc2-c2cccnc2)CC1. The maximum absolute atomic E-state index is 4.96. The second-order valence-electron chi connectivity index (χ2n) is 8.11. The van der Waals surface area contributed by atoms with E-state index in [9.17, 15) is 0 Å². The molecule has 1 fully saturated rings. The molecule has 4 rings (SSSR count). The summed E-state index contributed by atoms with van der Waals surface area (Å²) >= 11 is 1.87. The van der Waals surface area contributed by atoms with E-state index in [0.717, 1.165) is 55.2 Å². The Bertz CT molecular complexity index is 929. The van der Waals surface area contributed by atoms with Gasteiger partial charge in [-0.2, -0.15) is 0 Å². The number of thiophene rings is 1. The summed E-state index contributed by atoms with van der Waals surface area (Å²) in [4.78, 5) is 17.9. The summed E-state index contributed by atoms with van der Waals surface area (Å²) in [6, 6.07) is 6.60. The van der Waals surface area contributed by atoms with Gasteiger partial charge >= 0.3 is 0 Å². The van der Waals surface area contributed by atoms with E-state index < -0.39 is 0 Å². The van der Waals surface area contributed by atoms with Crippen molar-refractivity contribution in [2.75, 3.05) is 18.4 Å². The Hall–Kier alpha value is -2.31. The van der Waals surface area contributed by atoms with Gasteiger partial charge in [0.2, 0.25) is 5.95 Å². The van der Waals surface area contributed by atoms with Crippen LogP contribution in [0.1, 0.15) is 48.7 Å². The number of piperidine rings is 1. The highest BCUT2D eigenvalue weighted by Crippen LogP contribution is 2.35. The monoisotopic (exact) mass is 407 g/mol. The molecule has 1 aliphatic heterocycles. The Morgan fingerprint density at radius 3 is 2.69 bits per heavy atom. The van der Waals surface area contributed by atoms with Crippen LogP contribution in [0.4, 0.5) is 5.95 Å². The Labute approximate surface area is 177 Å². The highest BCUT2D eigenvalue weighted by Gasteiger charge is 2.25. The van der Waals surface area contributed by atoms with Crippen LogP contribution in [0.3, 0.4) is 0 Å². The zero-order valence-electron chi connectivity index (χ0n) is 17.4. The molecule has 0 aliphatic carbocycles. The second-order valence-corrected chi connectivity index (χ2v) is 9.11. The van der Waals surface area contributed by atoms with E-state index in [1.54, 1.807) is 0 Å². The van der Waals surface area contributed by atoms with Crippen molar-refractivity contribution in [2.24, 2.45) is 0 Å². The third kappa shape index (κ3) is 4.82. The van der Waals surface area contributed by atoms with Crippen LogP contribution in [0.25, 0.3) is 11.1 Å². The summed E-state index contributed by atoms with van der Waals surface area (Å²) in [5.74, 6) is 1.17. The van der Waals surface area contributed by atoms with Crippen molar-refractivity contribution in [1.82, 2.24) is 19.9 Å². The van der Waals surface area contributed by atoms with Crippen LogP contribution in [0.15, 0.2) is 42.2 Å². The van der Waals surface area contributed by atoms with Crippen molar-refractivity contribution in [3.05, 3.63) is 58.3 Å². The summed E-state index contributed by atoms with van der Waals surface area (Å²) in [6.07, 6.45) is 7.92. The molecule has 0 bridgehead atoms. The second kappa shape index (κ2) is 9.01. The number of nitrogens with zero attached hydrogens (tertiary/aromatic N) is 4. The molecule has 0 unspecified atom stereocenters. The number of pyridine rings is 1. The van der Waals surface area contributed by atoms with Crippen LogP contribution in [-0.4, -0.2) is 39.0 Å². The van der Waals surface area contributed by atoms with Crippen LogP contribution in [0.5, 0.6) is 0 Å². The Balaban J connectivity index is 1.54. The first kappa shape index (κ1) is 20.0. The molecule has 0 amide bonds. The van der Waals surface area contributed by atoms with Crippen molar-refractivity contribution in [3.63, 3.8) is 0 Å². The van der Waals surface area contributed by atoms with Crippen molar-refractivity contribution in [2.45, 2.75) is 52.1 Å². The predicted molar refractivity (Wildman–Crippen MR) is 120 cm³/mol. The number of likely N-dealkylation sites (tertiary alicyclic amines) is 1. The van der Waals surface area contributed by atoms with Crippen molar-refractivity contribution in [1.29, 1.82) is 0 Å². The third-order valence-electron chi connectivity index (χ3n) is 5.52. The van der Waals surface area contributed by atoms with Crippen LogP contribution in [-0.2, 0) is 6.54 Å². The van der Waals surface area contributed by atoms with E-state index in [1.807, 2.05) is 36.0 Å². The molecule has 0 atom stereocenters. The number of hydrogen-bond acceptors (Lipinski definition) is 6. The lowest BCUT2D eigenvalue weighted by molar-refractivity contribution is 0.205. The largest absolute Gasteiger partial charge is 0.352 e. The topological polar surface area (TPSA) is 53.9 Å². The minimum atomic E-state index is 0.308. The van der Waals surface area contributed by atoms with Gasteiger partial charge in [-0.25, -0.2) is 9.97 Å². The molecule has 152 valence electrons. The average molecular weight is 408 g/mol. The molecule has 0 radical (unpaired) electrons. The van der Waals surface area contributed by atoms with Gasteiger partial charge in [0, 0.05) is 53.1 Å². The van der Waals surface area contributed by atoms with Crippen molar-refractivity contribution < 1.29 is 0 Å². The molecular weight excluding hydrogens is 378 g/mol. The fraction of sp³-hybridized carbons (Fsp3) is 0.435. The molecule has 6 heteroatoms. The molecule has 1 N–H and O–H groups in total. The lowest BCUT2D eigenvalue weighted by atomic mass is 9.89. The number of anilines is 1. The lowest BCUT2D eigenvalue weighted by Crippen LogP contribution is -2.33. The Morgan fingerprint density at radius 1 is 1.21 bits per heavy atom. The quantitative estimate of drug-likeness (QED) is 0.615. The molecule has 3 aromatic heterocycles. The zero-order chi connectivity index (χ0) is 20.2. The minimum Gasteiger partial charge on any atom is -0.352 e. The van der Waals surface area contributed by atoms with Gasteiger partial charge in [-0.05, 0) is 69.8 Å². The van der Waals surface area contributed by atoms with E-state index in [2.05, 4.69) is 58.5 Å². The first-order valence-electron chi connectivity index (χ1n) is 10.4. The van der Waals surface area contributed by atoms with Crippen LogP contribution < -0.4 is 5.32 Å². The summed E-state index contributed by atoms with van der Waals surface area (Å²) in [7, 11) is 0. The maximum atomic E-state index is 4.96. The average Bonchev–Trinajstić information content (AvgIpc) is 3.13. The zero-order valence-corrected chi connectivity index (χ0v) is 18.2. The normalized spacial score (nSPS) is 15.7. The van der Waals surface area contributed by atoms with Gasteiger partial charge in [-0.1, -0.05) is 6.07 Å². The number of nitrogens with one attached hydrogen (secondary N) is 1. The summed E-state index contributed by atoms with van der Waals surface area (Å²) in [5, 5.41) is 5.56. The summed E-state index contributed by atoms with van der Waals surface area (Å²) in [6.45, 7) is 9.71. The fourth-order valence-corrected chi connectivity index (χ4v) is 4.86. The van der Waals surface area contributed by atoms with Gasteiger partial charge in [0.05, 0.1) is 5.69 Å². The number of rotatable bonds is 6. The molecule has 3 aromatic rings. The predicted octanol–water partition coefficient (Wildman–Crippen LogP) is 5.11. The van der Waals surface area contributed by atoms with Crippen molar-refractivity contribution in [3.8, 4) is 11.1 Å². The van der Waals surface area contributed by atoms with Gasteiger partial charge in [-0.3, -0.25) is 9.88 Å². The summed E-state index contributed by atoms with van der Waals surface area (Å²) < 4.78 is 0. The highest BCUT2D eigenvalue weighted by atomic mass is 32.1. The number of hydrogen-bond donors (Lipinski definition) is 1.